The van der Waals surface area contributed by atoms with E-state index < -0.39 is 0 Å². The van der Waals surface area contributed by atoms with Gasteiger partial charge in [0.15, 0.2) is 0 Å². The lowest BCUT2D eigenvalue weighted by atomic mass is 10.1. The maximum absolute atomic E-state index is 13.0. The third-order valence-electron chi connectivity index (χ3n) is 4.01. The Kier molecular flexibility index (Phi) is 3.78. The highest BCUT2D eigenvalue weighted by molar-refractivity contribution is 6.33. The maximum Gasteiger partial charge on any atom is 0.282 e. The molecule has 0 N–H and O–H groups in total. The van der Waals surface area contributed by atoms with Gasteiger partial charge in [0, 0.05) is 11.6 Å². The molecule has 25 heavy (non-hydrogen) atoms. The zero-order chi connectivity index (χ0) is 17.2. The minimum atomic E-state index is -0.167. The molecule has 122 valence electrons. The third kappa shape index (κ3) is 2.90. The highest BCUT2D eigenvalue weighted by atomic mass is 16.3. The van der Waals surface area contributed by atoms with Crippen molar-refractivity contribution in [2.24, 2.45) is 4.99 Å². The van der Waals surface area contributed by atoms with Gasteiger partial charge in [-0.25, -0.2) is 4.99 Å². The Morgan fingerprint density at radius 3 is 2.40 bits per heavy atom. The minimum Gasteiger partial charge on any atom is -0.465 e. The first-order chi connectivity index (χ1) is 12.2. The second-order valence-electron chi connectivity index (χ2n) is 5.82. The molecule has 0 unspecified atom stereocenters. The van der Waals surface area contributed by atoms with Crippen LogP contribution in [0.25, 0.3) is 6.08 Å². The third-order valence-corrected chi connectivity index (χ3v) is 4.01. The summed E-state index contributed by atoms with van der Waals surface area (Å²) in [5.74, 6) is 1.05. The summed E-state index contributed by atoms with van der Waals surface area (Å²) in [6.45, 7) is 2.02. The first-order valence-corrected chi connectivity index (χ1v) is 8.03. The molecule has 1 aromatic heterocycles. The van der Waals surface area contributed by atoms with Gasteiger partial charge >= 0.3 is 0 Å². The van der Waals surface area contributed by atoms with E-state index in [1.54, 1.807) is 29.4 Å². The molecular formula is C21H16N2O2. The molecule has 4 rings (SSSR count). The molecule has 0 spiro atoms. The molecule has 0 saturated heterocycles. The van der Waals surface area contributed by atoms with Gasteiger partial charge in [0.2, 0.25) is 0 Å². The summed E-state index contributed by atoms with van der Waals surface area (Å²) in [7, 11) is 0. The standard InChI is InChI=1S/C21H16N2O2/c1-15-9-11-17(12-10-15)23-20(16-6-3-2-4-7-16)22-19(21(23)24)14-18-8-5-13-25-18/h2-14H,1H3/b19-14+. The van der Waals surface area contributed by atoms with Crippen LogP contribution in [-0.2, 0) is 4.79 Å². The molecule has 0 aliphatic carbocycles. The maximum atomic E-state index is 13.0. The van der Waals surface area contributed by atoms with Crippen molar-refractivity contribution < 1.29 is 9.21 Å². The quantitative estimate of drug-likeness (QED) is 0.668. The number of carbonyl (C=O) groups excluding carboxylic acids is 1. The van der Waals surface area contributed by atoms with Crippen LogP contribution in [0.1, 0.15) is 16.9 Å². The van der Waals surface area contributed by atoms with Crippen molar-refractivity contribution >= 4 is 23.5 Å². The smallest absolute Gasteiger partial charge is 0.282 e. The summed E-state index contributed by atoms with van der Waals surface area (Å²) in [5.41, 5.74) is 3.18. The summed E-state index contributed by atoms with van der Waals surface area (Å²) in [6.07, 6.45) is 3.24. The van der Waals surface area contributed by atoms with E-state index >= 15 is 0 Å². The van der Waals surface area contributed by atoms with Crippen molar-refractivity contribution in [3.63, 3.8) is 0 Å². The number of furan rings is 1. The first-order valence-electron chi connectivity index (χ1n) is 8.03. The van der Waals surface area contributed by atoms with E-state index in [9.17, 15) is 4.79 Å². The number of hydrogen-bond donors (Lipinski definition) is 0. The van der Waals surface area contributed by atoms with E-state index in [1.165, 1.54) is 0 Å². The lowest BCUT2D eigenvalue weighted by Crippen LogP contribution is -2.32. The van der Waals surface area contributed by atoms with Gasteiger partial charge in [0.25, 0.3) is 5.91 Å². The molecule has 4 heteroatoms. The fourth-order valence-corrected chi connectivity index (χ4v) is 2.74. The molecule has 0 bridgehead atoms. The van der Waals surface area contributed by atoms with E-state index in [-0.39, 0.29) is 5.91 Å². The Morgan fingerprint density at radius 1 is 0.960 bits per heavy atom. The van der Waals surface area contributed by atoms with Crippen LogP contribution in [0.4, 0.5) is 5.69 Å². The number of amides is 1. The molecule has 1 amide bonds. The summed E-state index contributed by atoms with van der Waals surface area (Å²) in [5, 5.41) is 0. The number of anilines is 1. The predicted octanol–water partition coefficient (Wildman–Crippen LogP) is 4.42. The molecule has 2 aromatic carbocycles. The van der Waals surface area contributed by atoms with Crippen LogP contribution >= 0.6 is 0 Å². The fraction of sp³-hybridized carbons (Fsp3) is 0.0476. The number of aliphatic imine (C=N–C) groups is 1. The predicted molar refractivity (Wildman–Crippen MR) is 98.3 cm³/mol. The Bertz CT molecular complexity index is 953. The molecule has 0 saturated carbocycles. The number of aryl methyl sites for hydroxylation is 1. The first kappa shape index (κ1) is 15.1. The molecule has 3 aromatic rings. The van der Waals surface area contributed by atoms with Crippen LogP contribution in [0.3, 0.4) is 0 Å². The van der Waals surface area contributed by atoms with Crippen LogP contribution in [0.5, 0.6) is 0 Å². The van der Waals surface area contributed by atoms with Gasteiger partial charge in [-0.1, -0.05) is 48.0 Å². The van der Waals surface area contributed by atoms with Crippen LogP contribution in [-0.4, -0.2) is 11.7 Å². The van der Waals surface area contributed by atoms with Gasteiger partial charge in [0.1, 0.15) is 17.3 Å². The van der Waals surface area contributed by atoms with Crippen molar-refractivity contribution in [3.8, 4) is 0 Å². The number of hydrogen-bond acceptors (Lipinski definition) is 3. The SMILES string of the molecule is Cc1ccc(N2C(=O)/C(=C\c3ccco3)N=C2c2ccccc2)cc1. The number of carbonyl (C=O) groups is 1. The van der Waals surface area contributed by atoms with Crippen molar-refractivity contribution in [1.29, 1.82) is 0 Å². The zero-order valence-corrected chi connectivity index (χ0v) is 13.7. The zero-order valence-electron chi connectivity index (χ0n) is 13.7. The molecule has 2 heterocycles. The summed E-state index contributed by atoms with van der Waals surface area (Å²) in [6, 6.07) is 21.1. The van der Waals surface area contributed by atoms with Gasteiger partial charge in [-0.15, -0.1) is 0 Å². The molecule has 0 radical (unpaired) electrons. The molecule has 1 aliphatic heterocycles. The van der Waals surface area contributed by atoms with Gasteiger partial charge < -0.3 is 4.42 Å². The van der Waals surface area contributed by atoms with E-state index in [2.05, 4.69) is 4.99 Å². The van der Waals surface area contributed by atoms with Crippen molar-refractivity contribution in [2.45, 2.75) is 6.92 Å². The minimum absolute atomic E-state index is 0.167. The van der Waals surface area contributed by atoms with Gasteiger partial charge in [-0.05, 0) is 31.2 Å². The lowest BCUT2D eigenvalue weighted by molar-refractivity contribution is -0.113. The highest BCUT2D eigenvalue weighted by Crippen LogP contribution is 2.28. The van der Waals surface area contributed by atoms with Gasteiger partial charge in [0.05, 0.1) is 12.0 Å². The monoisotopic (exact) mass is 328 g/mol. The molecule has 1 aliphatic rings. The van der Waals surface area contributed by atoms with Crippen LogP contribution in [0.2, 0.25) is 0 Å². The number of nitrogens with zero attached hydrogens (tertiary/aromatic N) is 2. The van der Waals surface area contributed by atoms with E-state index in [0.29, 0.717) is 17.3 Å². The largest absolute Gasteiger partial charge is 0.465 e. The van der Waals surface area contributed by atoms with Gasteiger partial charge in [-0.2, -0.15) is 0 Å². The average Bonchev–Trinajstić information content (AvgIpc) is 3.26. The topological polar surface area (TPSA) is 45.8 Å². The number of amidine groups is 1. The molecular weight excluding hydrogens is 312 g/mol. The summed E-state index contributed by atoms with van der Waals surface area (Å²) < 4.78 is 5.33. The van der Waals surface area contributed by atoms with Crippen molar-refractivity contribution in [2.75, 3.05) is 4.90 Å². The van der Waals surface area contributed by atoms with E-state index in [0.717, 1.165) is 16.8 Å². The summed E-state index contributed by atoms with van der Waals surface area (Å²) in [4.78, 5) is 19.2. The highest BCUT2D eigenvalue weighted by Gasteiger charge is 2.32. The Hall–Kier alpha value is -3.40. The normalized spacial score (nSPS) is 15.7. The second kappa shape index (κ2) is 6.24. The van der Waals surface area contributed by atoms with Crippen LogP contribution in [0, 0.1) is 6.92 Å². The van der Waals surface area contributed by atoms with Crippen LogP contribution < -0.4 is 4.90 Å². The van der Waals surface area contributed by atoms with Crippen molar-refractivity contribution in [3.05, 3.63) is 95.6 Å². The van der Waals surface area contributed by atoms with E-state index in [1.807, 2.05) is 61.5 Å². The average molecular weight is 328 g/mol. The molecule has 4 nitrogen and oxygen atoms in total. The molecule has 0 fully saturated rings. The Balaban J connectivity index is 1.82. The Labute approximate surface area is 145 Å². The second-order valence-corrected chi connectivity index (χ2v) is 5.82. The number of rotatable bonds is 3. The lowest BCUT2D eigenvalue weighted by Gasteiger charge is -2.18. The summed E-state index contributed by atoms with van der Waals surface area (Å²) >= 11 is 0. The molecule has 0 atom stereocenters. The van der Waals surface area contributed by atoms with E-state index in [4.69, 9.17) is 4.42 Å². The fourth-order valence-electron chi connectivity index (χ4n) is 2.74. The van der Waals surface area contributed by atoms with Gasteiger partial charge in [-0.3, -0.25) is 9.69 Å². The van der Waals surface area contributed by atoms with Crippen molar-refractivity contribution in [1.82, 2.24) is 0 Å². The Morgan fingerprint density at radius 2 is 1.72 bits per heavy atom. The van der Waals surface area contributed by atoms with Crippen LogP contribution in [0.15, 0.2) is 88.1 Å². The number of benzene rings is 2.